The minimum atomic E-state index is -3.46. The molecule has 0 N–H and O–H groups in total. The van der Waals surface area contributed by atoms with Crippen molar-refractivity contribution in [1.82, 2.24) is 14.1 Å². The van der Waals surface area contributed by atoms with Gasteiger partial charge in [0.05, 0.1) is 24.2 Å². The minimum Gasteiger partial charge on any atom is -0.486 e. The van der Waals surface area contributed by atoms with Crippen molar-refractivity contribution >= 4 is 27.3 Å². The van der Waals surface area contributed by atoms with Crippen LogP contribution in [0.5, 0.6) is 5.75 Å². The number of aromatic nitrogens is 2. The number of ether oxygens (including phenoxy) is 1. The van der Waals surface area contributed by atoms with Crippen molar-refractivity contribution in [3.05, 3.63) is 81.2 Å². The van der Waals surface area contributed by atoms with Crippen molar-refractivity contribution in [2.45, 2.75) is 32.4 Å². The zero-order chi connectivity index (χ0) is 26.2. The summed E-state index contributed by atoms with van der Waals surface area (Å²) in [4.78, 5) is 15.5. The maximum absolute atomic E-state index is 13.5. The normalized spacial score (nSPS) is 17.5. The molecule has 10 heteroatoms. The Morgan fingerprint density at radius 2 is 1.78 bits per heavy atom. The van der Waals surface area contributed by atoms with E-state index in [1.807, 2.05) is 36.1 Å². The zero-order valence-electron chi connectivity index (χ0n) is 21.1. The third-order valence-electron chi connectivity index (χ3n) is 7.04. The van der Waals surface area contributed by atoms with E-state index in [4.69, 9.17) is 16.3 Å². The Kier molecular flexibility index (Phi) is 7.04. The second kappa shape index (κ2) is 10.1. The molecule has 0 radical (unpaired) electrons. The van der Waals surface area contributed by atoms with E-state index in [-0.39, 0.29) is 22.5 Å². The zero-order valence-corrected chi connectivity index (χ0v) is 22.6. The number of anilines is 1. The van der Waals surface area contributed by atoms with Crippen LogP contribution in [0.25, 0.3) is 5.69 Å². The Balaban J connectivity index is 1.37. The van der Waals surface area contributed by atoms with Crippen molar-refractivity contribution in [1.29, 1.82) is 0 Å². The molecular formula is C27H31ClN4O4S. The summed E-state index contributed by atoms with van der Waals surface area (Å²) in [5, 5.41) is 4.92. The van der Waals surface area contributed by atoms with Crippen LogP contribution in [0, 0.1) is 12.3 Å². The van der Waals surface area contributed by atoms with Crippen LogP contribution >= 0.6 is 11.6 Å². The quantitative estimate of drug-likeness (QED) is 0.427. The number of nitrogens with zero attached hydrogens (tertiary/aromatic N) is 4. The molecule has 0 atom stereocenters. The molecule has 0 unspecified atom stereocenters. The van der Waals surface area contributed by atoms with E-state index < -0.39 is 10.0 Å². The van der Waals surface area contributed by atoms with E-state index in [1.165, 1.54) is 8.99 Å². The molecule has 1 aliphatic carbocycles. The number of halogens is 1. The molecule has 0 amide bonds. The highest BCUT2D eigenvalue weighted by molar-refractivity contribution is 7.88. The average Bonchev–Trinajstić information content (AvgIpc) is 3.60. The molecule has 0 bridgehead atoms. The number of hydrogen-bond acceptors (Lipinski definition) is 6. The maximum Gasteiger partial charge on any atom is 0.316 e. The van der Waals surface area contributed by atoms with Gasteiger partial charge >= 0.3 is 5.56 Å². The summed E-state index contributed by atoms with van der Waals surface area (Å²) in [5.41, 5.74) is 2.67. The van der Waals surface area contributed by atoms with Crippen LogP contribution in [0.3, 0.4) is 0 Å². The standard InChI is InChI=1S/C27H31ClN4O4S/c1-20-5-3-6-21(15-20)18-37(34,35)31-13-11-30(12-14-31)24-17-29-32(23-8-4-7-22(28)16-23)26(33)25(24)36-19-27(2)9-10-27/h3-8,15-17H,9-14,18-19H2,1-2H3. The fraction of sp³-hybridized carbons (Fsp3) is 0.407. The smallest absolute Gasteiger partial charge is 0.316 e. The number of piperazine rings is 1. The number of aryl methyl sites for hydroxylation is 1. The third kappa shape index (κ3) is 5.84. The lowest BCUT2D eigenvalue weighted by Gasteiger charge is -2.35. The number of sulfonamides is 1. The fourth-order valence-electron chi connectivity index (χ4n) is 4.50. The van der Waals surface area contributed by atoms with Crippen molar-refractivity contribution in [2.75, 3.05) is 37.7 Å². The molecule has 0 spiro atoms. The Labute approximate surface area is 222 Å². The van der Waals surface area contributed by atoms with Gasteiger partial charge < -0.3 is 9.64 Å². The first-order valence-corrected chi connectivity index (χ1v) is 14.4. The molecule has 2 aliphatic rings. The molecular weight excluding hydrogens is 512 g/mol. The van der Waals surface area contributed by atoms with Crippen LogP contribution in [0.15, 0.2) is 59.5 Å². The molecule has 8 nitrogen and oxygen atoms in total. The second-order valence-corrected chi connectivity index (χ2v) is 12.7. The molecule has 2 aromatic carbocycles. The monoisotopic (exact) mass is 542 g/mol. The lowest BCUT2D eigenvalue weighted by atomic mass is 10.2. The van der Waals surface area contributed by atoms with Gasteiger partial charge in [0.1, 0.15) is 5.69 Å². The molecule has 196 valence electrons. The lowest BCUT2D eigenvalue weighted by molar-refractivity contribution is 0.242. The van der Waals surface area contributed by atoms with Crippen LogP contribution in [0.1, 0.15) is 30.9 Å². The van der Waals surface area contributed by atoms with Gasteiger partial charge in [0.15, 0.2) is 0 Å². The van der Waals surface area contributed by atoms with Gasteiger partial charge in [-0.15, -0.1) is 0 Å². The van der Waals surface area contributed by atoms with E-state index in [2.05, 4.69) is 12.0 Å². The van der Waals surface area contributed by atoms with E-state index in [0.29, 0.717) is 49.2 Å². The summed E-state index contributed by atoms with van der Waals surface area (Å²) in [7, 11) is -3.46. The predicted molar refractivity (Wildman–Crippen MR) is 145 cm³/mol. The first kappa shape index (κ1) is 25.8. The molecule has 1 saturated carbocycles. The first-order chi connectivity index (χ1) is 17.6. The van der Waals surface area contributed by atoms with Gasteiger partial charge in [0, 0.05) is 36.6 Å². The van der Waals surface area contributed by atoms with Gasteiger partial charge in [0.2, 0.25) is 15.8 Å². The maximum atomic E-state index is 13.5. The molecule has 1 aromatic heterocycles. The molecule has 5 rings (SSSR count). The molecule has 1 saturated heterocycles. The Hall–Kier alpha value is -2.88. The molecule has 3 aromatic rings. The third-order valence-corrected chi connectivity index (χ3v) is 9.13. The van der Waals surface area contributed by atoms with Gasteiger partial charge in [-0.2, -0.15) is 14.1 Å². The Morgan fingerprint density at radius 1 is 1.05 bits per heavy atom. The molecule has 2 heterocycles. The highest BCUT2D eigenvalue weighted by Gasteiger charge is 2.39. The average molecular weight is 543 g/mol. The van der Waals surface area contributed by atoms with E-state index >= 15 is 0 Å². The number of benzene rings is 2. The number of hydrogen-bond donors (Lipinski definition) is 0. The summed E-state index contributed by atoms with van der Waals surface area (Å²) in [6.45, 7) is 6.05. The molecule has 37 heavy (non-hydrogen) atoms. The molecule has 1 aliphatic heterocycles. The molecule has 2 fully saturated rings. The van der Waals surface area contributed by atoms with Crippen LogP contribution < -0.4 is 15.2 Å². The van der Waals surface area contributed by atoms with E-state index in [1.54, 1.807) is 30.5 Å². The minimum absolute atomic E-state index is 0.0289. The summed E-state index contributed by atoms with van der Waals surface area (Å²) in [5.74, 6) is 0.206. The number of rotatable bonds is 8. The lowest BCUT2D eigenvalue weighted by Crippen LogP contribution is -2.49. The van der Waals surface area contributed by atoms with Crippen LogP contribution in [-0.4, -0.2) is 55.3 Å². The largest absolute Gasteiger partial charge is 0.486 e. The highest BCUT2D eigenvalue weighted by atomic mass is 35.5. The van der Waals surface area contributed by atoms with Crippen molar-refractivity contribution in [3.63, 3.8) is 0 Å². The van der Waals surface area contributed by atoms with Crippen LogP contribution in [0.2, 0.25) is 5.02 Å². The highest BCUT2D eigenvalue weighted by Crippen LogP contribution is 2.45. The first-order valence-electron chi connectivity index (χ1n) is 12.4. The van der Waals surface area contributed by atoms with Gasteiger partial charge in [-0.05, 0) is 43.5 Å². The second-order valence-electron chi connectivity index (χ2n) is 10.3. The van der Waals surface area contributed by atoms with Crippen LogP contribution in [0.4, 0.5) is 5.69 Å². The summed E-state index contributed by atoms with van der Waals surface area (Å²) in [6, 6.07) is 14.5. The van der Waals surface area contributed by atoms with Gasteiger partial charge in [-0.25, -0.2) is 8.42 Å². The van der Waals surface area contributed by atoms with Crippen molar-refractivity contribution in [3.8, 4) is 11.4 Å². The van der Waals surface area contributed by atoms with E-state index in [9.17, 15) is 13.2 Å². The topological polar surface area (TPSA) is 84.7 Å². The summed E-state index contributed by atoms with van der Waals surface area (Å²) in [6.07, 6.45) is 3.75. The summed E-state index contributed by atoms with van der Waals surface area (Å²) < 4.78 is 35.1. The van der Waals surface area contributed by atoms with Gasteiger partial charge in [0.25, 0.3) is 0 Å². The Morgan fingerprint density at radius 3 is 2.46 bits per heavy atom. The van der Waals surface area contributed by atoms with Gasteiger partial charge in [-0.1, -0.05) is 54.4 Å². The Bertz CT molecular complexity index is 1460. The summed E-state index contributed by atoms with van der Waals surface area (Å²) >= 11 is 6.14. The predicted octanol–water partition coefficient (Wildman–Crippen LogP) is 4.03. The SMILES string of the molecule is Cc1cccc(CS(=O)(=O)N2CCN(c3cnn(-c4cccc(Cl)c4)c(=O)c3OCC3(C)CC3)CC2)c1. The van der Waals surface area contributed by atoms with Crippen molar-refractivity contribution < 1.29 is 13.2 Å². The van der Waals surface area contributed by atoms with E-state index in [0.717, 1.165) is 24.0 Å². The van der Waals surface area contributed by atoms with Crippen LogP contribution in [-0.2, 0) is 15.8 Å². The van der Waals surface area contributed by atoms with Crippen molar-refractivity contribution in [2.24, 2.45) is 5.41 Å². The van der Waals surface area contributed by atoms with Gasteiger partial charge in [-0.3, -0.25) is 4.79 Å². The fourth-order valence-corrected chi connectivity index (χ4v) is 6.18.